The molecule has 0 aliphatic carbocycles. The van der Waals surface area contributed by atoms with Crippen molar-refractivity contribution in [1.82, 2.24) is 10.2 Å². The molecule has 108 valence electrons. The maximum atomic E-state index is 11.5. The summed E-state index contributed by atoms with van der Waals surface area (Å²) in [4.78, 5) is 13.5. The van der Waals surface area contributed by atoms with Crippen LogP contribution in [-0.4, -0.2) is 24.4 Å². The molecule has 0 aliphatic heterocycles. The van der Waals surface area contributed by atoms with Crippen molar-refractivity contribution in [2.45, 2.75) is 13.1 Å². The zero-order valence-corrected chi connectivity index (χ0v) is 11.9. The lowest BCUT2D eigenvalue weighted by molar-refractivity contribution is 0.0963. The second kappa shape index (κ2) is 7.27. The molecule has 0 bridgehead atoms. The minimum atomic E-state index is -0.106. The number of hydrogen-bond acceptors (Lipinski definition) is 4. The summed E-state index contributed by atoms with van der Waals surface area (Å²) in [5, 5.41) is 11.5. The highest BCUT2D eigenvalue weighted by atomic mass is 16.3. The number of benzene rings is 1. The van der Waals surface area contributed by atoms with E-state index in [1.54, 1.807) is 25.4 Å². The van der Waals surface area contributed by atoms with Gasteiger partial charge in [0.25, 0.3) is 5.91 Å². The molecule has 2 aromatic rings. The standard InChI is InChI=1S/C16H17N3O2/c1-18-16(20)14-6-4-13(5-7-14)11-19(9-8-17)12-15-3-2-10-21-15/h2-7,10H,9,11-12H2,1H3,(H,18,20). The Morgan fingerprint density at radius 3 is 2.62 bits per heavy atom. The second-order valence-corrected chi connectivity index (χ2v) is 4.66. The van der Waals surface area contributed by atoms with Crippen LogP contribution in [0.2, 0.25) is 0 Å². The molecule has 5 heteroatoms. The van der Waals surface area contributed by atoms with Gasteiger partial charge in [-0.1, -0.05) is 12.1 Å². The van der Waals surface area contributed by atoms with Crippen molar-refractivity contribution in [2.24, 2.45) is 0 Å². The Labute approximate surface area is 123 Å². The van der Waals surface area contributed by atoms with E-state index in [-0.39, 0.29) is 5.91 Å². The largest absolute Gasteiger partial charge is 0.468 e. The fourth-order valence-electron chi connectivity index (χ4n) is 2.05. The number of carbonyl (C=O) groups excluding carboxylic acids is 1. The third-order valence-corrected chi connectivity index (χ3v) is 3.10. The maximum Gasteiger partial charge on any atom is 0.251 e. The van der Waals surface area contributed by atoms with Crippen LogP contribution >= 0.6 is 0 Å². The molecular weight excluding hydrogens is 266 g/mol. The fourth-order valence-corrected chi connectivity index (χ4v) is 2.05. The summed E-state index contributed by atoms with van der Waals surface area (Å²) in [7, 11) is 1.61. The monoisotopic (exact) mass is 283 g/mol. The van der Waals surface area contributed by atoms with E-state index >= 15 is 0 Å². The van der Waals surface area contributed by atoms with Gasteiger partial charge >= 0.3 is 0 Å². The minimum Gasteiger partial charge on any atom is -0.468 e. The van der Waals surface area contributed by atoms with Crippen LogP contribution in [0.4, 0.5) is 0 Å². The van der Waals surface area contributed by atoms with Crippen LogP contribution in [0.3, 0.4) is 0 Å². The molecule has 1 N–H and O–H groups in total. The molecule has 0 saturated heterocycles. The van der Waals surface area contributed by atoms with Crippen LogP contribution in [-0.2, 0) is 13.1 Å². The van der Waals surface area contributed by atoms with Gasteiger partial charge in [0.2, 0.25) is 0 Å². The predicted octanol–water partition coefficient (Wildman–Crippen LogP) is 2.16. The van der Waals surface area contributed by atoms with Gasteiger partial charge in [-0.25, -0.2) is 0 Å². The fraction of sp³-hybridized carbons (Fsp3) is 0.250. The summed E-state index contributed by atoms with van der Waals surface area (Å²) in [6.07, 6.45) is 1.62. The smallest absolute Gasteiger partial charge is 0.251 e. The molecule has 0 atom stereocenters. The number of nitrogens with zero attached hydrogens (tertiary/aromatic N) is 2. The maximum absolute atomic E-state index is 11.5. The third kappa shape index (κ3) is 4.20. The Morgan fingerprint density at radius 1 is 1.29 bits per heavy atom. The molecule has 0 fully saturated rings. The molecule has 0 aliphatic rings. The molecule has 1 amide bonds. The molecule has 1 aromatic heterocycles. The van der Waals surface area contributed by atoms with Crippen LogP contribution in [0.1, 0.15) is 21.7 Å². The van der Waals surface area contributed by atoms with Gasteiger partial charge in [0.15, 0.2) is 0 Å². The Morgan fingerprint density at radius 2 is 2.05 bits per heavy atom. The summed E-state index contributed by atoms with van der Waals surface area (Å²) >= 11 is 0. The number of nitrogens with one attached hydrogen (secondary N) is 1. The summed E-state index contributed by atoms with van der Waals surface area (Å²) < 4.78 is 5.31. The van der Waals surface area contributed by atoms with Crippen molar-refractivity contribution in [3.8, 4) is 6.07 Å². The van der Waals surface area contributed by atoms with Gasteiger partial charge in [-0.3, -0.25) is 9.69 Å². The van der Waals surface area contributed by atoms with Crippen molar-refractivity contribution < 1.29 is 9.21 Å². The topological polar surface area (TPSA) is 69.3 Å². The Bertz CT molecular complexity index is 612. The van der Waals surface area contributed by atoms with Crippen LogP contribution < -0.4 is 5.32 Å². The first-order valence-corrected chi connectivity index (χ1v) is 6.65. The van der Waals surface area contributed by atoms with Crippen LogP contribution in [0.5, 0.6) is 0 Å². The molecule has 1 heterocycles. The van der Waals surface area contributed by atoms with Crippen LogP contribution in [0.15, 0.2) is 47.1 Å². The van der Waals surface area contributed by atoms with E-state index < -0.39 is 0 Å². The molecule has 21 heavy (non-hydrogen) atoms. The number of amides is 1. The molecule has 0 spiro atoms. The summed E-state index contributed by atoms with van der Waals surface area (Å²) in [5.41, 5.74) is 1.67. The quantitative estimate of drug-likeness (QED) is 0.825. The van der Waals surface area contributed by atoms with Gasteiger partial charge in [0.05, 0.1) is 25.4 Å². The lowest BCUT2D eigenvalue weighted by Crippen LogP contribution is -2.23. The van der Waals surface area contributed by atoms with Gasteiger partial charge in [-0.15, -0.1) is 0 Å². The third-order valence-electron chi connectivity index (χ3n) is 3.10. The van der Waals surface area contributed by atoms with E-state index in [9.17, 15) is 4.79 Å². The number of rotatable bonds is 6. The van der Waals surface area contributed by atoms with E-state index in [4.69, 9.17) is 9.68 Å². The second-order valence-electron chi connectivity index (χ2n) is 4.66. The number of hydrogen-bond donors (Lipinski definition) is 1. The van der Waals surface area contributed by atoms with Crippen molar-refractivity contribution >= 4 is 5.91 Å². The van der Waals surface area contributed by atoms with Gasteiger partial charge in [0.1, 0.15) is 5.76 Å². The predicted molar refractivity (Wildman–Crippen MR) is 78.3 cm³/mol. The van der Waals surface area contributed by atoms with Crippen LogP contribution in [0, 0.1) is 11.3 Å². The summed E-state index contributed by atoms with van der Waals surface area (Å²) in [6.45, 7) is 1.53. The summed E-state index contributed by atoms with van der Waals surface area (Å²) in [5.74, 6) is 0.721. The van der Waals surface area contributed by atoms with Gasteiger partial charge in [0, 0.05) is 19.2 Å². The summed E-state index contributed by atoms with van der Waals surface area (Å²) in [6, 6.07) is 13.2. The number of carbonyl (C=O) groups is 1. The Kier molecular flexibility index (Phi) is 5.13. The number of nitriles is 1. The van der Waals surface area contributed by atoms with Crippen molar-refractivity contribution in [3.05, 3.63) is 59.5 Å². The molecular formula is C16H17N3O2. The lowest BCUT2D eigenvalue weighted by Gasteiger charge is -2.17. The molecule has 1 aromatic carbocycles. The first kappa shape index (κ1) is 14.8. The van der Waals surface area contributed by atoms with E-state index in [2.05, 4.69) is 11.4 Å². The highest BCUT2D eigenvalue weighted by molar-refractivity contribution is 5.93. The first-order valence-electron chi connectivity index (χ1n) is 6.65. The Hall–Kier alpha value is -2.58. The van der Waals surface area contributed by atoms with E-state index in [1.165, 1.54) is 0 Å². The molecule has 0 radical (unpaired) electrons. The van der Waals surface area contributed by atoms with Crippen molar-refractivity contribution in [1.29, 1.82) is 5.26 Å². The van der Waals surface area contributed by atoms with Crippen molar-refractivity contribution in [3.63, 3.8) is 0 Å². The Balaban J connectivity index is 2.03. The van der Waals surface area contributed by atoms with Gasteiger partial charge in [-0.05, 0) is 29.8 Å². The zero-order chi connectivity index (χ0) is 15.1. The molecule has 2 rings (SSSR count). The van der Waals surface area contributed by atoms with E-state index in [0.29, 0.717) is 25.2 Å². The zero-order valence-electron chi connectivity index (χ0n) is 11.9. The highest BCUT2D eigenvalue weighted by Gasteiger charge is 2.09. The van der Waals surface area contributed by atoms with E-state index in [0.717, 1.165) is 11.3 Å². The van der Waals surface area contributed by atoms with Gasteiger partial charge in [-0.2, -0.15) is 5.26 Å². The normalized spacial score (nSPS) is 10.3. The van der Waals surface area contributed by atoms with Crippen molar-refractivity contribution in [2.75, 3.05) is 13.6 Å². The van der Waals surface area contributed by atoms with Gasteiger partial charge < -0.3 is 9.73 Å². The minimum absolute atomic E-state index is 0.106. The number of furan rings is 1. The molecule has 0 unspecified atom stereocenters. The lowest BCUT2D eigenvalue weighted by atomic mass is 10.1. The SMILES string of the molecule is CNC(=O)c1ccc(CN(CC#N)Cc2ccco2)cc1. The first-order chi connectivity index (χ1) is 10.2. The van der Waals surface area contributed by atoms with E-state index in [1.807, 2.05) is 29.2 Å². The average molecular weight is 283 g/mol. The van der Waals surface area contributed by atoms with Crippen LogP contribution in [0.25, 0.3) is 0 Å². The average Bonchev–Trinajstić information content (AvgIpc) is 3.00. The molecule has 0 saturated carbocycles. The highest BCUT2D eigenvalue weighted by Crippen LogP contribution is 2.11. The molecule has 5 nitrogen and oxygen atoms in total.